The first-order chi connectivity index (χ1) is 13.4. The van der Waals surface area contributed by atoms with Gasteiger partial charge in [-0.05, 0) is 30.3 Å². The summed E-state index contributed by atoms with van der Waals surface area (Å²) in [6.07, 6.45) is 1.79. The second-order valence-electron chi connectivity index (χ2n) is 6.01. The molecule has 1 aliphatic heterocycles. The molecule has 0 saturated carbocycles. The molecule has 0 bridgehead atoms. The Hall–Kier alpha value is -3.33. The van der Waals surface area contributed by atoms with E-state index < -0.39 is 11.9 Å². The van der Waals surface area contributed by atoms with E-state index in [1.54, 1.807) is 23.2 Å². The number of pyridine rings is 1. The number of rotatable bonds is 3. The van der Waals surface area contributed by atoms with Crippen molar-refractivity contribution < 1.29 is 29.0 Å². The highest BCUT2D eigenvalue weighted by Gasteiger charge is 2.22. The quantitative estimate of drug-likeness (QED) is 0.762. The standard InChI is InChI=1S/C17H18FN3O.C2H2O4/c18-15-5-3-4-14(12-15)17(22)21-10-8-20(9-11-21)13-16-6-1-2-7-19-16;3-1(4)2(5)6/h1-7,12H,8-11,13H2;(H,3,4)(H,5,6). The molecule has 9 heteroatoms. The van der Waals surface area contributed by atoms with Crippen LogP contribution >= 0.6 is 0 Å². The van der Waals surface area contributed by atoms with Gasteiger partial charge in [-0.1, -0.05) is 12.1 Å². The number of carboxylic acid groups (broad SMARTS) is 2. The normalized spacial score (nSPS) is 14.0. The van der Waals surface area contributed by atoms with Crippen LogP contribution in [0, 0.1) is 5.82 Å². The van der Waals surface area contributed by atoms with Crippen molar-refractivity contribution in [3.63, 3.8) is 0 Å². The Morgan fingerprint density at radius 3 is 2.18 bits per heavy atom. The van der Waals surface area contributed by atoms with E-state index >= 15 is 0 Å². The second kappa shape index (κ2) is 10.1. The first-order valence-electron chi connectivity index (χ1n) is 8.50. The molecule has 8 nitrogen and oxygen atoms in total. The number of amides is 1. The summed E-state index contributed by atoms with van der Waals surface area (Å²) in [5.74, 6) is -4.12. The number of benzene rings is 1. The van der Waals surface area contributed by atoms with Crippen molar-refractivity contribution in [3.8, 4) is 0 Å². The van der Waals surface area contributed by atoms with Crippen LogP contribution in [0.2, 0.25) is 0 Å². The molecule has 148 valence electrons. The Labute approximate surface area is 160 Å². The van der Waals surface area contributed by atoms with Crippen LogP contribution in [0.3, 0.4) is 0 Å². The van der Waals surface area contributed by atoms with Gasteiger partial charge in [0.05, 0.1) is 5.69 Å². The summed E-state index contributed by atoms with van der Waals surface area (Å²) in [5, 5.41) is 14.8. The zero-order valence-electron chi connectivity index (χ0n) is 15.0. The molecule has 0 spiro atoms. The number of aromatic nitrogens is 1. The molecule has 1 aliphatic rings. The van der Waals surface area contributed by atoms with Crippen LogP contribution in [0.1, 0.15) is 16.1 Å². The smallest absolute Gasteiger partial charge is 0.414 e. The first kappa shape index (κ1) is 21.0. The first-order valence-corrected chi connectivity index (χ1v) is 8.50. The van der Waals surface area contributed by atoms with Gasteiger partial charge in [0, 0.05) is 44.5 Å². The molecule has 2 N–H and O–H groups in total. The monoisotopic (exact) mass is 389 g/mol. The van der Waals surface area contributed by atoms with Crippen LogP contribution in [-0.2, 0) is 16.1 Å². The zero-order valence-corrected chi connectivity index (χ0v) is 15.0. The lowest BCUT2D eigenvalue weighted by atomic mass is 10.1. The number of carboxylic acids is 2. The average molecular weight is 389 g/mol. The van der Waals surface area contributed by atoms with Gasteiger partial charge in [0.15, 0.2) is 0 Å². The van der Waals surface area contributed by atoms with E-state index in [1.165, 1.54) is 12.1 Å². The predicted octanol–water partition coefficient (Wildman–Crippen LogP) is 1.33. The van der Waals surface area contributed by atoms with E-state index in [0.29, 0.717) is 18.7 Å². The third-order valence-corrected chi connectivity index (χ3v) is 4.03. The Bertz CT molecular complexity index is 811. The lowest BCUT2D eigenvalue weighted by Gasteiger charge is -2.34. The van der Waals surface area contributed by atoms with Crippen LogP contribution in [-0.4, -0.2) is 69.0 Å². The number of aliphatic carboxylic acids is 2. The molecule has 0 unspecified atom stereocenters. The molecule has 2 heterocycles. The van der Waals surface area contributed by atoms with Gasteiger partial charge >= 0.3 is 11.9 Å². The third-order valence-electron chi connectivity index (χ3n) is 4.03. The highest BCUT2D eigenvalue weighted by molar-refractivity contribution is 6.27. The van der Waals surface area contributed by atoms with Crippen molar-refractivity contribution >= 4 is 17.8 Å². The molecule has 0 aliphatic carbocycles. The lowest BCUT2D eigenvalue weighted by Crippen LogP contribution is -2.48. The number of carbonyl (C=O) groups is 3. The largest absolute Gasteiger partial charge is 0.473 e. The van der Waals surface area contributed by atoms with Crippen molar-refractivity contribution in [1.29, 1.82) is 0 Å². The van der Waals surface area contributed by atoms with Gasteiger partial charge in [0.2, 0.25) is 0 Å². The summed E-state index contributed by atoms with van der Waals surface area (Å²) < 4.78 is 13.2. The molecular formula is C19H20FN3O5. The Balaban J connectivity index is 0.000000409. The van der Waals surface area contributed by atoms with Gasteiger partial charge in [-0.15, -0.1) is 0 Å². The fraction of sp³-hybridized carbons (Fsp3) is 0.263. The van der Waals surface area contributed by atoms with E-state index in [2.05, 4.69) is 9.88 Å². The highest BCUT2D eigenvalue weighted by Crippen LogP contribution is 2.11. The number of carbonyl (C=O) groups excluding carboxylic acids is 1. The fourth-order valence-electron chi connectivity index (χ4n) is 2.63. The van der Waals surface area contributed by atoms with Gasteiger partial charge in [0.1, 0.15) is 5.82 Å². The molecule has 1 amide bonds. The summed E-state index contributed by atoms with van der Waals surface area (Å²) in [6.45, 7) is 3.71. The highest BCUT2D eigenvalue weighted by atomic mass is 19.1. The number of piperazine rings is 1. The zero-order chi connectivity index (χ0) is 20.5. The van der Waals surface area contributed by atoms with Crippen molar-refractivity contribution in [1.82, 2.24) is 14.8 Å². The third kappa shape index (κ3) is 6.44. The van der Waals surface area contributed by atoms with Crippen LogP contribution in [0.4, 0.5) is 4.39 Å². The minimum absolute atomic E-state index is 0.100. The number of hydrogen-bond donors (Lipinski definition) is 2. The molecule has 1 aromatic carbocycles. The van der Waals surface area contributed by atoms with Gasteiger partial charge in [-0.2, -0.15) is 0 Å². The average Bonchev–Trinajstić information content (AvgIpc) is 2.69. The van der Waals surface area contributed by atoms with Crippen molar-refractivity contribution in [3.05, 3.63) is 65.7 Å². The van der Waals surface area contributed by atoms with Crippen LogP contribution < -0.4 is 0 Å². The van der Waals surface area contributed by atoms with Gasteiger partial charge in [0.25, 0.3) is 5.91 Å². The maximum Gasteiger partial charge on any atom is 0.414 e. The molecule has 2 aromatic rings. The van der Waals surface area contributed by atoms with E-state index in [4.69, 9.17) is 19.8 Å². The minimum atomic E-state index is -1.82. The van der Waals surface area contributed by atoms with Crippen LogP contribution in [0.5, 0.6) is 0 Å². The molecule has 28 heavy (non-hydrogen) atoms. The minimum Gasteiger partial charge on any atom is -0.473 e. The number of hydrogen-bond acceptors (Lipinski definition) is 5. The van der Waals surface area contributed by atoms with Crippen molar-refractivity contribution in [2.75, 3.05) is 26.2 Å². The van der Waals surface area contributed by atoms with E-state index in [-0.39, 0.29) is 11.7 Å². The van der Waals surface area contributed by atoms with E-state index in [0.717, 1.165) is 25.3 Å². The molecule has 0 radical (unpaired) electrons. The van der Waals surface area contributed by atoms with Crippen molar-refractivity contribution in [2.24, 2.45) is 0 Å². The summed E-state index contributed by atoms with van der Waals surface area (Å²) >= 11 is 0. The second-order valence-corrected chi connectivity index (χ2v) is 6.01. The summed E-state index contributed by atoms with van der Waals surface area (Å²) in [5.41, 5.74) is 1.45. The van der Waals surface area contributed by atoms with Gasteiger partial charge < -0.3 is 15.1 Å². The van der Waals surface area contributed by atoms with E-state index in [1.807, 2.05) is 18.2 Å². The Morgan fingerprint density at radius 1 is 0.964 bits per heavy atom. The molecule has 1 aromatic heterocycles. The maximum atomic E-state index is 13.2. The predicted molar refractivity (Wildman–Crippen MR) is 97.1 cm³/mol. The maximum absolute atomic E-state index is 13.2. The molecule has 1 fully saturated rings. The summed E-state index contributed by atoms with van der Waals surface area (Å²) in [6, 6.07) is 11.8. The summed E-state index contributed by atoms with van der Waals surface area (Å²) in [7, 11) is 0. The van der Waals surface area contributed by atoms with Gasteiger partial charge in [-0.3, -0.25) is 14.7 Å². The Kier molecular flexibility index (Phi) is 7.58. The van der Waals surface area contributed by atoms with Gasteiger partial charge in [-0.25, -0.2) is 14.0 Å². The van der Waals surface area contributed by atoms with Crippen LogP contribution in [0.25, 0.3) is 0 Å². The van der Waals surface area contributed by atoms with E-state index in [9.17, 15) is 9.18 Å². The Morgan fingerprint density at radius 2 is 1.64 bits per heavy atom. The molecule has 0 atom stereocenters. The van der Waals surface area contributed by atoms with Crippen LogP contribution in [0.15, 0.2) is 48.7 Å². The lowest BCUT2D eigenvalue weighted by molar-refractivity contribution is -0.159. The molecule has 3 rings (SSSR count). The topological polar surface area (TPSA) is 111 Å². The fourth-order valence-corrected chi connectivity index (χ4v) is 2.63. The molecule has 1 saturated heterocycles. The summed E-state index contributed by atoms with van der Waals surface area (Å²) in [4.78, 5) is 38.9. The SMILES string of the molecule is O=C(O)C(=O)O.O=C(c1cccc(F)c1)N1CCN(Cc2ccccn2)CC1. The van der Waals surface area contributed by atoms with Crippen molar-refractivity contribution in [2.45, 2.75) is 6.54 Å². The molecular weight excluding hydrogens is 369 g/mol. The number of nitrogens with zero attached hydrogens (tertiary/aromatic N) is 3. The number of halogens is 1.